The van der Waals surface area contributed by atoms with Gasteiger partial charge < -0.3 is 10.0 Å². The number of carbonyl (C=O) groups excluding carboxylic acids is 1. The van der Waals surface area contributed by atoms with Gasteiger partial charge in [0.15, 0.2) is 6.10 Å². The molecule has 0 aromatic heterocycles. The number of aliphatic hydroxyl groups is 1. The number of rotatable bonds is 2. The standard InChI is InChI=1S/C16H14ClNO2/c17-13-7-4-8-14-12(13)9-10-18(14)16(20)15(19)11-5-2-1-3-6-11/h1-8,15,19H,9-10H2. The normalized spacial score (nSPS) is 15.0. The van der Waals surface area contributed by atoms with Crippen molar-refractivity contribution in [3.8, 4) is 0 Å². The molecule has 0 bridgehead atoms. The minimum Gasteiger partial charge on any atom is -0.378 e. The summed E-state index contributed by atoms with van der Waals surface area (Å²) in [6, 6.07) is 14.5. The van der Waals surface area contributed by atoms with Gasteiger partial charge in [0.2, 0.25) is 0 Å². The van der Waals surface area contributed by atoms with Crippen LogP contribution in [0.1, 0.15) is 17.2 Å². The molecule has 102 valence electrons. The second-order valence-corrected chi connectivity index (χ2v) is 5.20. The van der Waals surface area contributed by atoms with E-state index in [1.54, 1.807) is 29.2 Å². The van der Waals surface area contributed by atoms with E-state index in [2.05, 4.69) is 0 Å². The molecule has 4 heteroatoms. The van der Waals surface area contributed by atoms with Crippen LogP contribution < -0.4 is 4.90 Å². The summed E-state index contributed by atoms with van der Waals surface area (Å²) in [5.74, 6) is -0.308. The van der Waals surface area contributed by atoms with E-state index in [0.29, 0.717) is 17.1 Å². The molecule has 0 saturated heterocycles. The molecule has 3 rings (SSSR count). The van der Waals surface area contributed by atoms with Crippen LogP contribution in [0.2, 0.25) is 5.02 Å². The van der Waals surface area contributed by atoms with Gasteiger partial charge in [-0.25, -0.2) is 0 Å². The molecule has 0 saturated carbocycles. The van der Waals surface area contributed by atoms with Gasteiger partial charge in [-0.1, -0.05) is 48.0 Å². The second kappa shape index (κ2) is 5.27. The van der Waals surface area contributed by atoms with Gasteiger partial charge in [-0.3, -0.25) is 4.79 Å². The van der Waals surface area contributed by atoms with E-state index in [9.17, 15) is 9.90 Å². The maximum Gasteiger partial charge on any atom is 0.260 e. The monoisotopic (exact) mass is 287 g/mol. The molecule has 1 N–H and O–H groups in total. The molecule has 1 amide bonds. The van der Waals surface area contributed by atoms with Crippen LogP contribution in [0.4, 0.5) is 5.69 Å². The molecule has 0 spiro atoms. The van der Waals surface area contributed by atoms with Crippen LogP contribution in [0, 0.1) is 0 Å². The number of nitrogens with zero attached hydrogens (tertiary/aromatic N) is 1. The predicted octanol–water partition coefficient (Wildman–Crippen LogP) is 2.96. The molecule has 1 heterocycles. The highest BCUT2D eigenvalue weighted by atomic mass is 35.5. The lowest BCUT2D eigenvalue weighted by Gasteiger charge is -2.21. The van der Waals surface area contributed by atoms with E-state index in [4.69, 9.17) is 11.6 Å². The van der Waals surface area contributed by atoms with Gasteiger partial charge in [0.05, 0.1) is 0 Å². The number of aliphatic hydroxyl groups excluding tert-OH is 1. The maximum atomic E-state index is 12.5. The summed E-state index contributed by atoms with van der Waals surface area (Å²) in [5, 5.41) is 10.9. The van der Waals surface area contributed by atoms with Gasteiger partial charge >= 0.3 is 0 Å². The molecule has 0 aliphatic carbocycles. The average molecular weight is 288 g/mol. The van der Waals surface area contributed by atoms with Crippen LogP contribution in [-0.4, -0.2) is 17.6 Å². The molecular weight excluding hydrogens is 274 g/mol. The van der Waals surface area contributed by atoms with Gasteiger partial charge in [0.1, 0.15) is 0 Å². The fourth-order valence-electron chi connectivity index (χ4n) is 2.55. The fraction of sp³-hybridized carbons (Fsp3) is 0.188. The number of anilines is 1. The number of hydrogen-bond acceptors (Lipinski definition) is 2. The zero-order valence-electron chi connectivity index (χ0n) is 10.8. The number of hydrogen-bond donors (Lipinski definition) is 1. The zero-order valence-corrected chi connectivity index (χ0v) is 11.5. The first-order valence-corrected chi connectivity index (χ1v) is 6.88. The fourth-order valence-corrected chi connectivity index (χ4v) is 2.81. The Labute approximate surface area is 122 Å². The van der Waals surface area contributed by atoms with Crippen LogP contribution in [0.3, 0.4) is 0 Å². The van der Waals surface area contributed by atoms with Crippen molar-refractivity contribution >= 4 is 23.2 Å². The minimum absolute atomic E-state index is 0.308. The maximum absolute atomic E-state index is 12.5. The Bertz CT molecular complexity index is 642. The molecule has 1 aliphatic rings. The van der Waals surface area contributed by atoms with Gasteiger partial charge in [-0.2, -0.15) is 0 Å². The zero-order chi connectivity index (χ0) is 14.1. The Morgan fingerprint density at radius 3 is 2.65 bits per heavy atom. The Balaban J connectivity index is 1.89. The summed E-state index contributed by atoms with van der Waals surface area (Å²) >= 11 is 6.14. The molecule has 1 aliphatic heterocycles. The van der Waals surface area contributed by atoms with Gasteiger partial charge in [0.25, 0.3) is 5.91 Å². The third kappa shape index (κ3) is 2.19. The topological polar surface area (TPSA) is 40.5 Å². The lowest BCUT2D eigenvalue weighted by molar-refractivity contribution is -0.126. The van der Waals surface area contributed by atoms with Crippen molar-refractivity contribution < 1.29 is 9.90 Å². The average Bonchev–Trinajstić information content (AvgIpc) is 2.92. The van der Waals surface area contributed by atoms with Crippen molar-refractivity contribution in [3.05, 3.63) is 64.7 Å². The quantitative estimate of drug-likeness (QED) is 0.922. The Morgan fingerprint density at radius 1 is 1.15 bits per heavy atom. The van der Waals surface area contributed by atoms with Crippen LogP contribution >= 0.6 is 11.6 Å². The van der Waals surface area contributed by atoms with Crippen LogP contribution in [0.5, 0.6) is 0 Å². The van der Waals surface area contributed by atoms with E-state index in [1.807, 2.05) is 24.3 Å². The predicted molar refractivity (Wildman–Crippen MR) is 78.9 cm³/mol. The smallest absolute Gasteiger partial charge is 0.260 e. The van der Waals surface area contributed by atoms with Gasteiger partial charge in [-0.15, -0.1) is 0 Å². The summed E-state index contributed by atoms with van der Waals surface area (Å²) in [6.07, 6.45) is -0.413. The highest BCUT2D eigenvalue weighted by Gasteiger charge is 2.30. The Morgan fingerprint density at radius 2 is 1.90 bits per heavy atom. The Kier molecular flexibility index (Phi) is 3.47. The molecule has 0 radical (unpaired) electrons. The SMILES string of the molecule is O=C(C(O)c1ccccc1)N1CCc2c(Cl)cccc21. The first-order chi connectivity index (χ1) is 9.68. The van der Waals surface area contributed by atoms with E-state index in [1.165, 1.54) is 0 Å². The molecule has 2 aromatic carbocycles. The summed E-state index contributed by atoms with van der Waals surface area (Å²) in [6.45, 7) is 0.557. The summed E-state index contributed by atoms with van der Waals surface area (Å²) in [7, 11) is 0. The highest BCUT2D eigenvalue weighted by molar-refractivity contribution is 6.32. The molecule has 3 nitrogen and oxygen atoms in total. The largest absolute Gasteiger partial charge is 0.378 e. The number of carbonyl (C=O) groups is 1. The number of benzene rings is 2. The highest BCUT2D eigenvalue weighted by Crippen LogP contribution is 2.34. The first-order valence-electron chi connectivity index (χ1n) is 6.50. The Hall–Kier alpha value is -1.84. The van der Waals surface area contributed by atoms with E-state index in [0.717, 1.165) is 17.7 Å². The molecule has 1 atom stereocenters. The number of amides is 1. The van der Waals surface area contributed by atoms with Crippen molar-refractivity contribution in [2.75, 3.05) is 11.4 Å². The summed E-state index contributed by atoms with van der Waals surface area (Å²) in [5.41, 5.74) is 2.38. The molecule has 1 unspecified atom stereocenters. The summed E-state index contributed by atoms with van der Waals surface area (Å²) in [4.78, 5) is 14.1. The van der Waals surface area contributed by atoms with Gasteiger partial charge in [0, 0.05) is 17.3 Å². The van der Waals surface area contributed by atoms with Crippen molar-refractivity contribution in [1.82, 2.24) is 0 Å². The second-order valence-electron chi connectivity index (χ2n) is 4.79. The van der Waals surface area contributed by atoms with Gasteiger partial charge in [-0.05, 0) is 29.7 Å². The van der Waals surface area contributed by atoms with Crippen molar-refractivity contribution in [1.29, 1.82) is 0 Å². The summed E-state index contributed by atoms with van der Waals surface area (Å²) < 4.78 is 0. The van der Waals surface area contributed by atoms with Crippen molar-refractivity contribution in [3.63, 3.8) is 0 Å². The van der Waals surface area contributed by atoms with Crippen LogP contribution in [0.25, 0.3) is 0 Å². The van der Waals surface area contributed by atoms with E-state index in [-0.39, 0.29) is 5.91 Å². The number of fused-ring (bicyclic) bond motifs is 1. The third-order valence-corrected chi connectivity index (χ3v) is 3.94. The van der Waals surface area contributed by atoms with Crippen LogP contribution in [-0.2, 0) is 11.2 Å². The minimum atomic E-state index is -1.14. The molecule has 20 heavy (non-hydrogen) atoms. The molecule has 2 aromatic rings. The van der Waals surface area contributed by atoms with Crippen molar-refractivity contribution in [2.45, 2.75) is 12.5 Å². The third-order valence-electron chi connectivity index (χ3n) is 3.59. The molecule has 0 fully saturated rings. The lowest BCUT2D eigenvalue weighted by Crippen LogP contribution is -2.33. The van der Waals surface area contributed by atoms with E-state index >= 15 is 0 Å². The lowest BCUT2D eigenvalue weighted by atomic mass is 10.1. The van der Waals surface area contributed by atoms with Crippen molar-refractivity contribution in [2.24, 2.45) is 0 Å². The number of halogens is 1. The van der Waals surface area contributed by atoms with Crippen LogP contribution in [0.15, 0.2) is 48.5 Å². The first kappa shape index (κ1) is 13.2. The van der Waals surface area contributed by atoms with E-state index < -0.39 is 6.10 Å². The molecular formula is C16H14ClNO2.